The van der Waals surface area contributed by atoms with E-state index in [1.165, 1.54) is 24.2 Å². The Bertz CT molecular complexity index is 548. The number of likely N-dealkylation sites (N-methyl/N-ethyl adjacent to an activating group) is 2. The Morgan fingerprint density at radius 1 is 0.885 bits per heavy atom. The van der Waals surface area contributed by atoms with Crippen molar-refractivity contribution in [3.8, 4) is 0 Å². The van der Waals surface area contributed by atoms with Gasteiger partial charge in [-0.05, 0) is 76.4 Å². The molecule has 0 spiro atoms. The van der Waals surface area contributed by atoms with Gasteiger partial charge in [0.1, 0.15) is 0 Å². The summed E-state index contributed by atoms with van der Waals surface area (Å²) in [5, 5.41) is 0. The first kappa shape index (κ1) is 25.3. The SMILES string of the molecule is CN1[CH-]N(C)CC1.C[CH]=[Ru]([Cl])[Cl].Cc1ccncc1.Cc1ccncc1. The van der Waals surface area contributed by atoms with Crippen LogP contribution in [0.4, 0.5) is 0 Å². The van der Waals surface area contributed by atoms with Gasteiger partial charge in [-0.25, -0.2) is 6.67 Å². The Labute approximate surface area is 171 Å². The molecule has 0 atom stereocenters. The van der Waals surface area contributed by atoms with Crippen LogP contribution >= 0.6 is 19.4 Å². The number of hydrogen-bond donors (Lipinski definition) is 0. The normalized spacial score (nSPS) is 13.9. The van der Waals surface area contributed by atoms with Crippen LogP contribution in [0.5, 0.6) is 0 Å². The van der Waals surface area contributed by atoms with Gasteiger partial charge in [0, 0.05) is 24.8 Å². The van der Waals surface area contributed by atoms with Crippen LogP contribution in [0.15, 0.2) is 49.1 Å². The van der Waals surface area contributed by atoms with Gasteiger partial charge < -0.3 is 9.80 Å². The summed E-state index contributed by atoms with van der Waals surface area (Å²) >= 11 is -1.36. The predicted octanol–water partition coefficient (Wildman–Crippen LogP) is 4.50. The molecule has 2 aromatic heterocycles. The van der Waals surface area contributed by atoms with Gasteiger partial charge >= 0.3 is 44.4 Å². The minimum Gasteiger partial charge on any atom is -0.265 e. The molecule has 0 saturated carbocycles. The fraction of sp³-hybridized carbons (Fsp3) is 0.368. The molecule has 0 amide bonds. The van der Waals surface area contributed by atoms with Crippen molar-refractivity contribution >= 4 is 24.0 Å². The van der Waals surface area contributed by atoms with Crippen LogP contribution in [-0.4, -0.2) is 51.6 Å². The summed E-state index contributed by atoms with van der Waals surface area (Å²) in [5.41, 5.74) is 2.52. The Morgan fingerprint density at radius 3 is 1.31 bits per heavy atom. The molecule has 0 aliphatic carbocycles. The van der Waals surface area contributed by atoms with Crippen molar-refractivity contribution in [1.82, 2.24) is 19.8 Å². The summed E-state index contributed by atoms with van der Waals surface area (Å²) in [6, 6.07) is 7.89. The van der Waals surface area contributed by atoms with E-state index < -0.39 is 13.5 Å². The number of aryl methyl sites for hydroxylation is 2. The van der Waals surface area contributed by atoms with Crippen LogP contribution in [0.2, 0.25) is 0 Å². The third-order valence-corrected chi connectivity index (χ3v) is 5.63. The van der Waals surface area contributed by atoms with Gasteiger partial charge in [0.05, 0.1) is 0 Å². The van der Waals surface area contributed by atoms with Gasteiger partial charge in [0.25, 0.3) is 0 Å². The molecule has 148 valence electrons. The molecule has 0 unspecified atom stereocenters. The first-order chi connectivity index (χ1) is 12.3. The molecule has 0 radical (unpaired) electrons. The van der Waals surface area contributed by atoms with E-state index in [1.807, 2.05) is 49.6 Å². The molecule has 0 aromatic carbocycles. The van der Waals surface area contributed by atoms with Crippen molar-refractivity contribution in [3.05, 3.63) is 66.8 Å². The quantitative estimate of drug-likeness (QED) is 0.407. The fourth-order valence-corrected chi connectivity index (χ4v) is 1.62. The van der Waals surface area contributed by atoms with E-state index in [1.54, 1.807) is 24.8 Å². The first-order valence-corrected chi connectivity index (χ1v) is 13.6. The molecular weight excluding hydrogens is 456 g/mol. The second kappa shape index (κ2) is 16.5. The molecule has 0 bridgehead atoms. The number of halogens is 2. The van der Waals surface area contributed by atoms with Crippen LogP contribution in [-0.2, 0) is 13.5 Å². The van der Waals surface area contributed by atoms with Crippen LogP contribution in [0.25, 0.3) is 0 Å². The van der Waals surface area contributed by atoms with Crippen molar-refractivity contribution in [3.63, 3.8) is 0 Å². The molecule has 1 saturated heterocycles. The molecular formula is C19H29Cl2N4Ru-. The fourth-order valence-electron chi connectivity index (χ4n) is 1.62. The smallest absolute Gasteiger partial charge is 0.0270 e. The second-order valence-corrected chi connectivity index (χ2v) is 11.8. The van der Waals surface area contributed by atoms with Gasteiger partial charge in [0.15, 0.2) is 0 Å². The van der Waals surface area contributed by atoms with Crippen molar-refractivity contribution < 1.29 is 13.5 Å². The zero-order chi connectivity index (χ0) is 19.8. The van der Waals surface area contributed by atoms with Gasteiger partial charge in [-0.15, -0.1) is 0 Å². The van der Waals surface area contributed by atoms with Crippen LogP contribution in [0, 0.1) is 20.5 Å². The summed E-state index contributed by atoms with van der Waals surface area (Å²) in [7, 11) is 14.8. The molecule has 0 N–H and O–H groups in total. The van der Waals surface area contributed by atoms with Gasteiger partial charge in [0.2, 0.25) is 0 Å². The molecule has 26 heavy (non-hydrogen) atoms. The number of aromatic nitrogens is 2. The van der Waals surface area contributed by atoms with Crippen molar-refractivity contribution in [2.45, 2.75) is 20.8 Å². The Balaban J connectivity index is 0.000000324. The van der Waals surface area contributed by atoms with E-state index in [-0.39, 0.29) is 0 Å². The number of nitrogens with zero attached hydrogens (tertiary/aromatic N) is 4. The van der Waals surface area contributed by atoms with Crippen molar-refractivity contribution in [2.24, 2.45) is 0 Å². The number of rotatable bonds is 0. The Morgan fingerprint density at radius 2 is 1.19 bits per heavy atom. The van der Waals surface area contributed by atoms with Crippen LogP contribution in [0.3, 0.4) is 0 Å². The second-order valence-electron chi connectivity index (χ2n) is 5.53. The van der Waals surface area contributed by atoms with E-state index in [0.717, 1.165) is 0 Å². The van der Waals surface area contributed by atoms with Gasteiger partial charge in [-0.2, -0.15) is 0 Å². The number of hydrogen-bond acceptors (Lipinski definition) is 4. The van der Waals surface area contributed by atoms with Crippen LogP contribution in [0.1, 0.15) is 18.1 Å². The zero-order valence-corrected chi connectivity index (χ0v) is 19.3. The molecule has 1 fully saturated rings. The summed E-state index contributed by atoms with van der Waals surface area (Å²) in [4.78, 5) is 12.1. The van der Waals surface area contributed by atoms with Gasteiger partial charge in [-0.3, -0.25) is 9.97 Å². The molecule has 3 heterocycles. The number of pyridine rings is 2. The summed E-state index contributed by atoms with van der Waals surface area (Å²) in [6.45, 7) is 10.4. The Hall–Kier alpha value is -0.707. The molecule has 1 aliphatic heterocycles. The molecule has 2 aromatic rings. The summed E-state index contributed by atoms with van der Waals surface area (Å²) in [5.74, 6) is 0. The standard InChI is InChI=1S/2C6H7N.C5H11N2.C2H4.2ClH.Ru/c2*1-6-2-4-7-5-3-6;1-6-3-4-7(2)5-6;1-2;;;/h2*2-5H,1H3;5H,3-4H2,1-2H3;1H,2H3;2*1H;/q;;-1;;;;+2/p-2. The third-order valence-electron chi connectivity index (χ3n) is 3.05. The first-order valence-electron chi connectivity index (χ1n) is 8.11. The van der Waals surface area contributed by atoms with Crippen molar-refractivity contribution in [1.29, 1.82) is 0 Å². The summed E-state index contributed by atoms with van der Waals surface area (Å²) < 4.78 is 1.84. The zero-order valence-electron chi connectivity index (χ0n) is 16.1. The minimum atomic E-state index is -1.36. The maximum absolute atomic E-state index is 5.32. The maximum atomic E-state index is 5.32. The monoisotopic (exact) mass is 485 g/mol. The van der Waals surface area contributed by atoms with Gasteiger partial charge in [-0.1, -0.05) is 0 Å². The maximum Gasteiger partial charge on any atom is 0.0270 e. The van der Waals surface area contributed by atoms with E-state index in [4.69, 9.17) is 19.4 Å². The minimum absolute atomic E-state index is 1.18. The molecule has 1 aliphatic rings. The third kappa shape index (κ3) is 16.7. The molecule has 3 rings (SSSR count). The predicted molar refractivity (Wildman–Crippen MR) is 111 cm³/mol. The summed E-state index contributed by atoms with van der Waals surface area (Å²) in [6.07, 6.45) is 7.15. The largest absolute Gasteiger partial charge is 0.265 e. The average Bonchev–Trinajstić information content (AvgIpc) is 3.01. The topological polar surface area (TPSA) is 32.3 Å². The molecule has 7 heteroatoms. The van der Waals surface area contributed by atoms with E-state index in [2.05, 4.69) is 40.5 Å². The van der Waals surface area contributed by atoms with E-state index >= 15 is 0 Å². The molecule has 4 nitrogen and oxygen atoms in total. The Kier molecular flexibility index (Phi) is 16.0. The average molecular weight is 485 g/mol. The van der Waals surface area contributed by atoms with E-state index in [0.29, 0.717) is 0 Å². The van der Waals surface area contributed by atoms with Crippen LogP contribution < -0.4 is 0 Å². The van der Waals surface area contributed by atoms with Crippen molar-refractivity contribution in [2.75, 3.05) is 27.2 Å². The van der Waals surface area contributed by atoms with E-state index in [9.17, 15) is 0 Å².